The quantitative estimate of drug-likeness (QED) is 0.612. The average molecular weight is 470 g/mol. The summed E-state index contributed by atoms with van der Waals surface area (Å²) in [5.74, 6) is 1.09. The minimum Gasteiger partial charge on any atom is -0.378 e. The third-order valence-corrected chi connectivity index (χ3v) is 8.29. The lowest BCUT2D eigenvalue weighted by atomic mass is 10.00. The van der Waals surface area contributed by atoms with Gasteiger partial charge in [0.2, 0.25) is 5.95 Å². The van der Waals surface area contributed by atoms with Crippen molar-refractivity contribution in [3.8, 4) is 17.5 Å². The number of benzene rings is 1. The van der Waals surface area contributed by atoms with Crippen molar-refractivity contribution in [2.45, 2.75) is 18.2 Å². The van der Waals surface area contributed by atoms with E-state index in [0.717, 1.165) is 50.6 Å². The van der Waals surface area contributed by atoms with Gasteiger partial charge in [0.05, 0.1) is 36.1 Å². The fraction of sp³-hybridized carbons (Fsp3) is 0.545. The van der Waals surface area contributed by atoms with Crippen LogP contribution in [0.25, 0.3) is 11.4 Å². The Morgan fingerprint density at radius 3 is 2.42 bits per heavy atom. The van der Waals surface area contributed by atoms with E-state index in [4.69, 9.17) is 4.74 Å². The normalized spacial score (nSPS) is 20.3. The first-order valence-corrected chi connectivity index (χ1v) is 13.0. The smallest absolute Gasteiger partial charge is 0.228 e. The van der Waals surface area contributed by atoms with E-state index in [1.54, 1.807) is 0 Å². The molecule has 10 nitrogen and oxygen atoms in total. The summed E-state index contributed by atoms with van der Waals surface area (Å²) in [5, 5.41) is 9.46. The molecule has 3 saturated heterocycles. The maximum absolute atomic E-state index is 11.8. The molecule has 0 saturated carbocycles. The van der Waals surface area contributed by atoms with Gasteiger partial charge in [-0.25, -0.2) is 18.4 Å². The molecule has 1 aromatic heterocycles. The number of piperazine rings is 1. The van der Waals surface area contributed by atoms with Crippen LogP contribution in [0.4, 0.5) is 11.6 Å². The Bertz CT molecular complexity index is 1190. The summed E-state index contributed by atoms with van der Waals surface area (Å²) in [4.78, 5) is 20.0. The van der Waals surface area contributed by atoms with Crippen LogP contribution in [0.5, 0.6) is 0 Å². The molecule has 3 aliphatic heterocycles. The number of aryl methyl sites for hydroxylation is 1. The van der Waals surface area contributed by atoms with E-state index in [1.165, 1.54) is 12.6 Å². The van der Waals surface area contributed by atoms with Gasteiger partial charge in [-0.1, -0.05) is 0 Å². The highest BCUT2D eigenvalue weighted by molar-refractivity contribution is 7.91. The Morgan fingerprint density at radius 2 is 1.82 bits per heavy atom. The second-order valence-electron chi connectivity index (χ2n) is 8.98. The van der Waals surface area contributed by atoms with Gasteiger partial charge in [-0.15, -0.1) is 0 Å². The molecular weight excluding hydrogens is 442 g/mol. The maximum atomic E-state index is 11.8. The predicted octanol–water partition coefficient (Wildman–Crippen LogP) is 0.473. The van der Waals surface area contributed by atoms with E-state index in [9.17, 15) is 13.7 Å². The first kappa shape index (κ1) is 22.0. The largest absolute Gasteiger partial charge is 0.378 e. The fourth-order valence-electron chi connectivity index (χ4n) is 4.51. The van der Waals surface area contributed by atoms with E-state index >= 15 is 0 Å². The molecular formula is C22H27N7O3S. The monoisotopic (exact) mass is 469 g/mol. The van der Waals surface area contributed by atoms with Crippen molar-refractivity contribution in [3.05, 3.63) is 29.6 Å². The van der Waals surface area contributed by atoms with Crippen molar-refractivity contribution >= 4 is 21.5 Å². The molecule has 3 aliphatic rings. The first-order valence-electron chi connectivity index (χ1n) is 11.1. The standard InChI is InChI=1S/C22H27N7O3S/c1-15-7-19(16(9-23)8-20(15)29-10-18(11-29)33(2,30)31)21-24-14-25-22(26-21)28-5-3-27(4-6-28)17-12-32-13-17/h7-8,14,17-18H,3-6,10-13H2,1-2H3. The van der Waals surface area contributed by atoms with E-state index in [2.05, 4.69) is 30.8 Å². The second kappa shape index (κ2) is 8.52. The number of hydrogen-bond donors (Lipinski definition) is 0. The SMILES string of the molecule is Cc1cc(-c2ncnc(N3CCN(C4COC4)CC3)n2)c(C#N)cc1N1CC(S(C)(=O)=O)C1. The molecule has 0 radical (unpaired) electrons. The van der Waals surface area contributed by atoms with Crippen molar-refractivity contribution in [1.82, 2.24) is 19.9 Å². The Morgan fingerprint density at radius 1 is 1.09 bits per heavy atom. The number of ether oxygens (including phenoxy) is 1. The van der Waals surface area contributed by atoms with Gasteiger partial charge in [0.25, 0.3) is 0 Å². The molecule has 0 N–H and O–H groups in total. The van der Waals surface area contributed by atoms with Crippen LogP contribution >= 0.6 is 0 Å². The maximum Gasteiger partial charge on any atom is 0.228 e. The molecule has 33 heavy (non-hydrogen) atoms. The lowest BCUT2D eigenvalue weighted by Crippen LogP contribution is -2.56. The highest BCUT2D eigenvalue weighted by atomic mass is 32.2. The van der Waals surface area contributed by atoms with Crippen LogP contribution in [0, 0.1) is 18.3 Å². The minimum absolute atomic E-state index is 0.356. The van der Waals surface area contributed by atoms with Crippen LogP contribution in [-0.2, 0) is 14.6 Å². The third-order valence-electron chi connectivity index (χ3n) is 6.78. The van der Waals surface area contributed by atoms with Crippen molar-refractivity contribution in [2.24, 2.45) is 0 Å². The zero-order valence-corrected chi connectivity index (χ0v) is 19.6. The topological polar surface area (TPSA) is 116 Å². The summed E-state index contributed by atoms with van der Waals surface area (Å²) >= 11 is 0. The molecule has 4 heterocycles. The molecule has 0 atom stereocenters. The molecule has 2 aromatic rings. The summed E-state index contributed by atoms with van der Waals surface area (Å²) in [7, 11) is -3.06. The number of nitrogens with zero attached hydrogens (tertiary/aromatic N) is 7. The van der Waals surface area contributed by atoms with E-state index in [1.807, 2.05) is 24.0 Å². The molecule has 0 spiro atoms. The number of nitriles is 1. The van der Waals surface area contributed by atoms with E-state index < -0.39 is 9.84 Å². The molecule has 11 heteroatoms. The van der Waals surface area contributed by atoms with E-state index in [0.29, 0.717) is 42.0 Å². The summed E-state index contributed by atoms with van der Waals surface area (Å²) in [6.45, 7) is 8.02. The zero-order valence-electron chi connectivity index (χ0n) is 18.8. The van der Waals surface area contributed by atoms with Gasteiger partial charge in [-0.2, -0.15) is 10.2 Å². The number of hydrogen-bond acceptors (Lipinski definition) is 10. The molecule has 0 unspecified atom stereocenters. The van der Waals surface area contributed by atoms with Crippen LogP contribution in [0.15, 0.2) is 18.5 Å². The summed E-state index contributed by atoms with van der Waals surface area (Å²) in [5.41, 5.74) is 2.95. The first-order chi connectivity index (χ1) is 15.8. The van der Waals surface area contributed by atoms with Crippen LogP contribution in [0.3, 0.4) is 0 Å². The summed E-state index contributed by atoms with van der Waals surface area (Å²) in [6.07, 6.45) is 2.77. The second-order valence-corrected chi connectivity index (χ2v) is 11.3. The molecule has 1 aromatic carbocycles. The third kappa shape index (κ3) is 4.26. The minimum atomic E-state index is -3.06. The van der Waals surface area contributed by atoms with E-state index in [-0.39, 0.29) is 5.25 Å². The number of anilines is 2. The Balaban J connectivity index is 1.35. The molecule has 174 valence electrons. The van der Waals surface area contributed by atoms with Gasteiger partial charge < -0.3 is 14.5 Å². The number of sulfone groups is 1. The fourth-order valence-corrected chi connectivity index (χ4v) is 5.41. The molecule has 3 fully saturated rings. The van der Waals surface area contributed by atoms with Gasteiger partial charge in [-0.3, -0.25) is 4.90 Å². The number of aromatic nitrogens is 3. The van der Waals surface area contributed by atoms with Gasteiger partial charge in [-0.05, 0) is 24.6 Å². The van der Waals surface area contributed by atoms with Crippen molar-refractivity contribution in [1.29, 1.82) is 5.26 Å². The highest BCUT2D eigenvalue weighted by Crippen LogP contribution is 2.33. The molecule has 5 rings (SSSR count). The van der Waals surface area contributed by atoms with Crippen LogP contribution in [0.1, 0.15) is 11.1 Å². The molecule has 0 bridgehead atoms. The highest BCUT2D eigenvalue weighted by Gasteiger charge is 2.35. The Labute approximate surface area is 193 Å². The number of rotatable bonds is 5. The van der Waals surface area contributed by atoms with Crippen LogP contribution in [0.2, 0.25) is 0 Å². The zero-order chi connectivity index (χ0) is 23.2. The van der Waals surface area contributed by atoms with Crippen molar-refractivity contribution < 1.29 is 13.2 Å². The van der Waals surface area contributed by atoms with Gasteiger partial charge in [0.15, 0.2) is 15.7 Å². The summed E-state index contributed by atoms with van der Waals surface area (Å²) < 4.78 is 28.8. The average Bonchev–Trinajstić information content (AvgIpc) is 2.72. The Kier molecular flexibility index (Phi) is 5.68. The van der Waals surface area contributed by atoms with Crippen LogP contribution in [-0.4, -0.2) is 98.3 Å². The summed E-state index contributed by atoms with van der Waals surface area (Å²) in [6, 6.07) is 6.51. The van der Waals surface area contributed by atoms with Gasteiger partial charge in [0.1, 0.15) is 6.33 Å². The predicted molar refractivity (Wildman–Crippen MR) is 124 cm³/mol. The Hall–Kier alpha value is -2.81. The molecule has 0 amide bonds. The lowest BCUT2D eigenvalue weighted by molar-refractivity contribution is -0.0661. The van der Waals surface area contributed by atoms with Gasteiger partial charge in [0, 0.05) is 56.8 Å². The van der Waals surface area contributed by atoms with Crippen molar-refractivity contribution in [2.75, 3.05) is 68.5 Å². The van der Waals surface area contributed by atoms with Gasteiger partial charge >= 0.3 is 0 Å². The molecule has 0 aliphatic carbocycles. The lowest BCUT2D eigenvalue weighted by Gasteiger charge is -2.42. The van der Waals surface area contributed by atoms with Crippen molar-refractivity contribution in [3.63, 3.8) is 0 Å². The van der Waals surface area contributed by atoms with Crippen LogP contribution < -0.4 is 9.80 Å².